The molecule has 0 aromatic rings. The number of primary amides is 2. The third-order valence-corrected chi connectivity index (χ3v) is 6.53. The van der Waals surface area contributed by atoms with Crippen LogP contribution < -0.4 is 11.5 Å². The Morgan fingerprint density at radius 3 is 1.16 bits per heavy atom. The molecule has 4 N–H and O–H groups in total. The van der Waals surface area contributed by atoms with Crippen LogP contribution in [0.5, 0.6) is 0 Å². The zero-order valence-electron chi connectivity index (χ0n) is 20.8. The van der Waals surface area contributed by atoms with E-state index < -0.39 is 0 Å². The standard InChI is InChI=1S/C27H54N2O2/c1-2-3-4-5-6-7-8-9-10-11-12-13-14-15-16-19-22-25(27(29)31)23-20-17-18-21-24-26(28)30/h25H,2-24H2,1H3,(H2,28,30)(H2,29,31). The van der Waals surface area contributed by atoms with Gasteiger partial charge in [-0.25, -0.2) is 0 Å². The molecule has 0 heterocycles. The highest BCUT2D eigenvalue weighted by molar-refractivity contribution is 5.76. The van der Waals surface area contributed by atoms with Crippen molar-refractivity contribution in [2.24, 2.45) is 17.4 Å². The van der Waals surface area contributed by atoms with Crippen molar-refractivity contribution in [3.8, 4) is 0 Å². The van der Waals surface area contributed by atoms with E-state index in [1.807, 2.05) is 0 Å². The van der Waals surface area contributed by atoms with Gasteiger partial charge in [0.1, 0.15) is 0 Å². The molecule has 0 aromatic carbocycles. The van der Waals surface area contributed by atoms with E-state index in [4.69, 9.17) is 11.5 Å². The number of amides is 2. The van der Waals surface area contributed by atoms with Gasteiger partial charge in [-0.15, -0.1) is 0 Å². The molecule has 0 spiro atoms. The van der Waals surface area contributed by atoms with Crippen LogP contribution in [-0.2, 0) is 9.59 Å². The number of carbonyl (C=O) groups excluding carboxylic acids is 2. The quantitative estimate of drug-likeness (QED) is 0.144. The molecule has 0 aliphatic rings. The summed E-state index contributed by atoms with van der Waals surface area (Å²) in [6.45, 7) is 2.28. The second-order valence-electron chi connectivity index (χ2n) is 9.61. The van der Waals surface area contributed by atoms with Crippen LogP contribution in [0, 0.1) is 5.92 Å². The average molecular weight is 439 g/mol. The lowest BCUT2D eigenvalue weighted by Gasteiger charge is -2.13. The van der Waals surface area contributed by atoms with E-state index in [1.165, 1.54) is 96.3 Å². The lowest BCUT2D eigenvalue weighted by atomic mass is 9.93. The summed E-state index contributed by atoms with van der Waals surface area (Å²) in [7, 11) is 0. The molecule has 1 atom stereocenters. The lowest BCUT2D eigenvalue weighted by Crippen LogP contribution is -2.23. The van der Waals surface area contributed by atoms with Gasteiger partial charge in [-0.1, -0.05) is 129 Å². The normalized spacial score (nSPS) is 12.2. The summed E-state index contributed by atoms with van der Waals surface area (Å²) in [5.41, 5.74) is 10.7. The molecule has 0 radical (unpaired) electrons. The fourth-order valence-corrected chi connectivity index (χ4v) is 4.41. The van der Waals surface area contributed by atoms with Crippen LogP contribution in [0.15, 0.2) is 0 Å². The SMILES string of the molecule is CCCCCCCCCCCCCCCCCCC(CCCCCCC(N)=O)C(N)=O. The lowest BCUT2D eigenvalue weighted by molar-refractivity contribution is -0.122. The predicted octanol–water partition coefficient (Wildman–Crippen LogP) is 7.57. The Bertz CT molecular complexity index is 412. The maximum Gasteiger partial charge on any atom is 0.220 e. The van der Waals surface area contributed by atoms with Gasteiger partial charge in [0.25, 0.3) is 0 Å². The van der Waals surface area contributed by atoms with Gasteiger partial charge >= 0.3 is 0 Å². The molecule has 0 aliphatic carbocycles. The topological polar surface area (TPSA) is 86.2 Å². The molecule has 0 rings (SSSR count). The minimum absolute atomic E-state index is 0.0304. The largest absolute Gasteiger partial charge is 0.370 e. The fraction of sp³-hybridized carbons (Fsp3) is 0.926. The van der Waals surface area contributed by atoms with Crippen LogP contribution in [0.4, 0.5) is 0 Å². The van der Waals surface area contributed by atoms with E-state index in [0.717, 1.165) is 44.9 Å². The Morgan fingerprint density at radius 2 is 0.839 bits per heavy atom. The molecule has 1 unspecified atom stereocenters. The van der Waals surface area contributed by atoms with Gasteiger partial charge in [0.2, 0.25) is 11.8 Å². The van der Waals surface area contributed by atoms with Crippen LogP contribution in [0.25, 0.3) is 0 Å². The second-order valence-corrected chi connectivity index (χ2v) is 9.61. The third-order valence-electron chi connectivity index (χ3n) is 6.53. The molecule has 0 aliphatic heterocycles. The van der Waals surface area contributed by atoms with Gasteiger partial charge in [0.05, 0.1) is 0 Å². The van der Waals surface area contributed by atoms with E-state index in [2.05, 4.69) is 6.92 Å². The number of hydrogen-bond donors (Lipinski definition) is 2. The van der Waals surface area contributed by atoms with Crippen molar-refractivity contribution in [2.75, 3.05) is 0 Å². The highest BCUT2D eigenvalue weighted by atomic mass is 16.1. The van der Waals surface area contributed by atoms with Gasteiger partial charge in [-0.05, 0) is 19.3 Å². The monoisotopic (exact) mass is 438 g/mol. The van der Waals surface area contributed by atoms with Crippen LogP contribution >= 0.6 is 0 Å². The van der Waals surface area contributed by atoms with Crippen LogP contribution in [0.3, 0.4) is 0 Å². The van der Waals surface area contributed by atoms with Crippen molar-refractivity contribution >= 4 is 11.8 Å². The summed E-state index contributed by atoms with van der Waals surface area (Å²) in [6, 6.07) is 0. The van der Waals surface area contributed by atoms with Crippen molar-refractivity contribution in [3.05, 3.63) is 0 Å². The maximum atomic E-state index is 11.7. The molecular formula is C27H54N2O2. The highest BCUT2D eigenvalue weighted by Crippen LogP contribution is 2.19. The van der Waals surface area contributed by atoms with Gasteiger partial charge in [0.15, 0.2) is 0 Å². The summed E-state index contributed by atoms with van der Waals surface area (Å²) in [5, 5.41) is 0. The second kappa shape index (κ2) is 23.6. The summed E-state index contributed by atoms with van der Waals surface area (Å²) in [4.78, 5) is 22.4. The average Bonchev–Trinajstić information content (AvgIpc) is 2.73. The van der Waals surface area contributed by atoms with Crippen LogP contribution in [0.2, 0.25) is 0 Å². The number of hydrogen-bond acceptors (Lipinski definition) is 2. The first-order valence-electron chi connectivity index (χ1n) is 13.7. The molecule has 0 saturated heterocycles. The number of nitrogens with two attached hydrogens (primary N) is 2. The molecule has 0 bridgehead atoms. The Labute approximate surface area is 193 Å². The Balaban J connectivity index is 3.39. The van der Waals surface area contributed by atoms with Gasteiger partial charge < -0.3 is 11.5 Å². The molecule has 4 heteroatoms. The van der Waals surface area contributed by atoms with Crippen molar-refractivity contribution in [3.63, 3.8) is 0 Å². The van der Waals surface area contributed by atoms with Crippen molar-refractivity contribution in [2.45, 2.75) is 155 Å². The van der Waals surface area contributed by atoms with Gasteiger partial charge in [0, 0.05) is 12.3 Å². The van der Waals surface area contributed by atoms with Gasteiger partial charge in [-0.3, -0.25) is 9.59 Å². The molecule has 31 heavy (non-hydrogen) atoms. The minimum atomic E-state index is -0.224. The first kappa shape index (κ1) is 29.9. The van der Waals surface area contributed by atoms with E-state index in [9.17, 15) is 9.59 Å². The Kier molecular flexibility index (Phi) is 22.8. The van der Waals surface area contributed by atoms with E-state index in [1.54, 1.807) is 0 Å². The summed E-state index contributed by atoms with van der Waals surface area (Å²) < 4.78 is 0. The smallest absolute Gasteiger partial charge is 0.220 e. The summed E-state index contributed by atoms with van der Waals surface area (Å²) in [6.07, 6.45) is 28.1. The van der Waals surface area contributed by atoms with Gasteiger partial charge in [-0.2, -0.15) is 0 Å². The third kappa shape index (κ3) is 23.4. The summed E-state index contributed by atoms with van der Waals surface area (Å²) >= 11 is 0. The summed E-state index contributed by atoms with van der Waals surface area (Å²) in [5.74, 6) is -0.334. The molecule has 0 saturated carbocycles. The zero-order valence-corrected chi connectivity index (χ0v) is 20.8. The van der Waals surface area contributed by atoms with E-state index in [0.29, 0.717) is 6.42 Å². The number of unbranched alkanes of at least 4 members (excludes halogenated alkanes) is 18. The molecule has 4 nitrogen and oxygen atoms in total. The molecule has 0 aromatic heterocycles. The van der Waals surface area contributed by atoms with E-state index >= 15 is 0 Å². The zero-order chi connectivity index (χ0) is 23.0. The first-order valence-corrected chi connectivity index (χ1v) is 13.7. The number of carbonyl (C=O) groups is 2. The highest BCUT2D eigenvalue weighted by Gasteiger charge is 2.14. The molecule has 2 amide bonds. The van der Waals surface area contributed by atoms with Crippen molar-refractivity contribution < 1.29 is 9.59 Å². The van der Waals surface area contributed by atoms with Crippen molar-refractivity contribution in [1.29, 1.82) is 0 Å². The predicted molar refractivity (Wildman–Crippen MR) is 134 cm³/mol. The molecular weight excluding hydrogens is 384 g/mol. The molecule has 184 valence electrons. The Morgan fingerprint density at radius 1 is 0.516 bits per heavy atom. The van der Waals surface area contributed by atoms with E-state index in [-0.39, 0.29) is 17.7 Å². The fourth-order valence-electron chi connectivity index (χ4n) is 4.41. The van der Waals surface area contributed by atoms with Crippen LogP contribution in [0.1, 0.15) is 155 Å². The number of rotatable bonds is 25. The maximum absolute atomic E-state index is 11.7. The molecule has 0 fully saturated rings. The minimum Gasteiger partial charge on any atom is -0.370 e. The Hall–Kier alpha value is -1.06. The first-order chi connectivity index (χ1) is 15.1. The van der Waals surface area contributed by atoms with Crippen molar-refractivity contribution in [1.82, 2.24) is 0 Å². The van der Waals surface area contributed by atoms with Crippen LogP contribution in [-0.4, -0.2) is 11.8 Å².